The molecule has 1 aromatic carbocycles. The van der Waals surface area contributed by atoms with Crippen molar-refractivity contribution in [3.8, 4) is 0 Å². The summed E-state index contributed by atoms with van der Waals surface area (Å²) in [5, 5.41) is 5.55. The van der Waals surface area contributed by atoms with Crippen molar-refractivity contribution in [1.82, 2.24) is 10.6 Å². The van der Waals surface area contributed by atoms with Crippen molar-refractivity contribution in [3.05, 3.63) is 35.6 Å². The lowest BCUT2D eigenvalue weighted by atomic mass is 9.83. The van der Waals surface area contributed by atoms with Crippen LogP contribution in [0.5, 0.6) is 0 Å². The summed E-state index contributed by atoms with van der Waals surface area (Å²) in [4.78, 5) is 24.2. The zero-order valence-electron chi connectivity index (χ0n) is 15.2. The number of carbonyl (C=O) groups is 2. The van der Waals surface area contributed by atoms with Gasteiger partial charge in [0.05, 0.1) is 6.10 Å². The molecule has 26 heavy (non-hydrogen) atoms. The molecule has 4 N–H and O–H groups in total. The second-order valence-electron chi connectivity index (χ2n) is 6.64. The first-order valence-electron chi connectivity index (χ1n) is 9.20. The van der Waals surface area contributed by atoms with Crippen LogP contribution < -0.4 is 16.4 Å². The second kappa shape index (κ2) is 10.2. The summed E-state index contributed by atoms with van der Waals surface area (Å²) >= 11 is 0. The summed E-state index contributed by atoms with van der Waals surface area (Å²) in [5.41, 5.74) is 6.46. The highest BCUT2D eigenvalue weighted by Gasteiger charge is 2.32. The van der Waals surface area contributed by atoms with Gasteiger partial charge >= 0.3 is 0 Å². The molecule has 1 aromatic rings. The highest BCUT2D eigenvalue weighted by molar-refractivity contribution is 5.94. The van der Waals surface area contributed by atoms with Gasteiger partial charge in [0, 0.05) is 37.2 Å². The van der Waals surface area contributed by atoms with Crippen LogP contribution in [0.2, 0.25) is 0 Å². The Kier molecular flexibility index (Phi) is 8.00. The van der Waals surface area contributed by atoms with Crippen molar-refractivity contribution in [1.29, 1.82) is 0 Å². The van der Waals surface area contributed by atoms with Gasteiger partial charge in [-0.2, -0.15) is 0 Å². The molecule has 1 saturated carbocycles. The molecule has 2 amide bonds. The topological polar surface area (TPSA) is 93.5 Å². The van der Waals surface area contributed by atoms with E-state index < -0.39 is 0 Å². The highest BCUT2D eigenvalue weighted by Crippen LogP contribution is 2.26. The molecule has 1 aliphatic rings. The quantitative estimate of drug-likeness (QED) is 0.610. The number of amides is 2. The van der Waals surface area contributed by atoms with Crippen molar-refractivity contribution in [3.63, 3.8) is 0 Å². The molecule has 1 fully saturated rings. The number of carbonyl (C=O) groups excluding carboxylic acids is 2. The van der Waals surface area contributed by atoms with Gasteiger partial charge in [0.25, 0.3) is 5.91 Å². The third-order valence-corrected chi connectivity index (χ3v) is 4.57. The fourth-order valence-corrected chi connectivity index (χ4v) is 3.06. The van der Waals surface area contributed by atoms with E-state index in [4.69, 9.17) is 10.5 Å². The summed E-state index contributed by atoms with van der Waals surface area (Å²) in [5.74, 6) is -0.819. The Bertz CT molecular complexity index is 594. The Balaban J connectivity index is 1.69. The Morgan fingerprint density at radius 1 is 1.19 bits per heavy atom. The number of ether oxygens (including phenoxy) is 1. The maximum atomic E-state index is 12.8. The molecule has 0 saturated heterocycles. The fourth-order valence-electron chi connectivity index (χ4n) is 3.06. The Morgan fingerprint density at radius 3 is 2.58 bits per heavy atom. The average molecular weight is 365 g/mol. The Labute approximate surface area is 153 Å². The molecule has 0 radical (unpaired) electrons. The number of halogens is 1. The molecule has 2 rings (SSSR count). The molecule has 0 heterocycles. The lowest BCUT2D eigenvalue weighted by Gasteiger charge is -2.33. The largest absolute Gasteiger partial charge is 0.377 e. The van der Waals surface area contributed by atoms with Gasteiger partial charge in [-0.1, -0.05) is 6.92 Å². The minimum atomic E-state index is -0.387. The van der Waals surface area contributed by atoms with Crippen LogP contribution in [0.15, 0.2) is 24.3 Å². The standard InChI is InChI=1S/C19H28FN3O3/c1-2-11-26-17-12-14(5-8-16(17)21)19(25)23-10-9-22-18(24)13-3-6-15(20)7-4-13/h3-4,6-7,14,16-17H,2,5,8-12,21H2,1H3,(H,22,24)(H,23,25)/t14-,16+,17+/m0/s1. The summed E-state index contributed by atoms with van der Waals surface area (Å²) in [6, 6.07) is 5.31. The van der Waals surface area contributed by atoms with Crippen LogP contribution in [-0.4, -0.2) is 43.7 Å². The van der Waals surface area contributed by atoms with Crippen LogP contribution in [0, 0.1) is 11.7 Å². The first kappa shape index (κ1) is 20.3. The van der Waals surface area contributed by atoms with Crippen molar-refractivity contribution in [2.45, 2.75) is 44.8 Å². The van der Waals surface area contributed by atoms with Gasteiger partial charge in [0.15, 0.2) is 0 Å². The van der Waals surface area contributed by atoms with E-state index >= 15 is 0 Å². The molecule has 7 heteroatoms. The minimum absolute atomic E-state index is 0.0133. The Morgan fingerprint density at radius 2 is 1.88 bits per heavy atom. The van der Waals surface area contributed by atoms with Gasteiger partial charge in [-0.3, -0.25) is 9.59 Å². The first-order valence-corrected chi connectivity index (χ1v) is 9.20. The molecule has 0 spiro atoms. The Hall–Kier alpha value is -1.99. The first-order chi connectivity index (χ1) is 12.5. The van der Waals surface area contributed by atoms with E-state index in [2.05, 4.69) is 10.6 Å². The predicted octanol–water partition coefficient (Wildman–Crippen LogP) is 1.59. The average Bonchev–Trinajstić information content (AvgIpc) is 2.64. The number of nitrogens with two attached hydrogens (primary N) is 1. The molecule has 144 valence electrons. The van der Waals surface area contributed by atoms with Crippen LogP contribution in [0.25, 0.3) is 0 Å². The molecule has 1 aliphatic carbocycles. The number of benzene rings is 1. The van der Waals surface area contributed by atoms with Crippen molar-refractivity contribution in [2.24, 2.45) is 11.7 Å². The normalized spacial score (nSPS) is 22.7. The van der Waals surface area contributed by atoms with E-state index in [1.54, 1.807) is 0 Å². The number of hydrogen-bond donors (Lipinski definition) is 3. The molecular formula is C19H28FN3O3. The van der Waals surface area contributed by atoms with E-state index in [1.165, 1.54) is 24.3 Å². The van der Waals surface area contributed by atoms with Crippen molar-refractivity contribution >= 4 is 11.8 Å². The van der Waals surface area contributed by atoms with E-state index in [0.717, 1.165) is 19.3 Å². The number of nitrogens with one attached hydrogen (secondary N) is 2. The molecule has 0 unspecified atom stereocenters. The van der Waals surface area contributed by atoms with Gasteiger partial charge in [-0.25, -0.2) is 4.39 Å². The lowest BCUT2D eigenvalue weighted by Crippen LogP contribution is -2.46. The van der Waals surface area contributed by atoms with E-state index in [-0.39, 0.29) is 35.7 Å². The zero-order chi connectivity index (χ0) is 18.9. The van der Waals surface area contributed by atoms with Crippen molar-refractivity contribution < 1.29 is 18.7 Å². The molecule has 6 nitrogen and oxygen atoms in total. The van der Waals surface area contributed by atoms with E-state index in [0.29, 0.717) is 31.7 Å². The van der Waals surface area contributed by atoms with Gasteiger partial charge in [-0.15, -0.1) is 0 Å². The second-order valence-corrected chi connectivity index (χ2v) is 6.64. The highest BCUT2D eigenvalue weighted by atomic mass is 19.1. The third-order valence-electron chi connectivity index (χ3n) is 4.57. The fraction of sp³-hybridized carbons (Fsp3) is 0.579. The molecule has 0 aromatic heterocycles. The van der Waals surface area contributed by atoms with Crippen LogP contribution in [0.3, 0.4) is 0 Å². The number of hydrogen-bond acceptors (Lipinski definition) is 4. The van der Waals surface area contributed by atoms with Crippen LogP contribution >= 0.6 is 0 Å². The summed E-state index contributed by atoms with van der Waals surface area (Å²) in [6.07, 6.45) is 3.01. The lowest BCUT2D eigenvalue weighted by molar-refractivity contribution is -0.128. The predicted molar refractivity (Wildman–Crippen MR) is 97.1 cm³/mol. The van der Waals surface area contributed by atoms with E-state index in [1.807, 2.05) is 6.92 Å². The summed E-state index contributed by atoms with van der Waals surface area (Å²) in [6.45, 7) is 3.35. The summed E-state index contributed by atoms with van der Waals surface area (Å²) in [7, 11) is 0. The van der Waals surface area contributed by atoms with Gasteiger partial charge in [-0.05, 0) is 49.9 Å². The van der Waals surface area contributed by atoms with Gasteiger partial charge < -0.3 is 21.1 Å². The van der Waals surface area contributed by atoms with Gasteiger partial charge in [0.2, 0.25) is 5.91 Å². The van der Waals surface area contributed by atoms with Crippen LogP contribution in [0.4, 0.5) is 4.39 Å². The molecule has 0 aliphatic heterocycles. The molecule has 3 atom stereocenters. The van der Waals surface area contributed by atoms with Gasteiger partial charge in [0.1, 0.15) is 5.82 Å². The van der Waals surface area contributed by atoms with Crippen molar-refractivity contribution in [2.75, 3.05) is 19.7 Å². The van der Waals surface area contributed by atoms with E-state index in [9.17, 15) is 14.0 Å². The maximum Gasteiger partial charge on any atom is 0.251 e. The minimum Gasteiger partial charge on any atom is -0.377 e. The smallest absolute Gasteiger partial charge is 0.251 e. The third kappa shape index (κ3) is 6.07. The van der Waals surface area contributed by atoms with Crippen LogP contribution in [-0.2, 0) is 9.53 Å². The summed E-state index contributed by atoms with van der Waals surface area (Å²) < 4.78 is 18.6. The maximum absolute atomic E-state index is 12.8. The SMILES string of the molecule is CCCO[C@@H]1C[C@@H](C(=O)NCCNC(=O)c2ccc(F)cc2)CC[C@H]1N. The van der Waals surface area contributed by atoms with Crippen LogP contribution in [0.1, 0.15) is 43.0 Å². The zero-order valence-corrected chi connectivity index (χ0v) is 15.2. The monoisotopic (exact) mass is 365 g/mol. The molecular weight excluding hydrogens is 337 g/mol. The molecule has 0 bridgehead atoms. The number of rotatable bonds is 8.